The summed E-state index contributed by atoms with van der Waals surface area (Å²) in [7, 11) is 1.57. The molecule has 1 atom stereocenters. The molecule has 0 bridgehead atoms. The van der Waals surface area contributed by atoms with Crippen molar-refractivity contribution in [2.24, 2.45) is 7.05 Å². The minimum Gasteiger partial charge on any atom is -0.309 e. The molecule has 3 heterocycles. The topological polar surface area (TPSA) is 83.3 Å². The third-order valence-electron chi connectivity index (χ3n) is 5.74. The van der Waals surface area contributed by atoms with Crippen molar-refractivity contribution in [2.75, 3.05) is 0 Å². The zero-order valence-corrected chi connectivity index (χ0v) is 17.1. The fourth-order valence-corrected chi connectivity index (χ4v) is 3.76. The smallest absolute Gasteiger partial charge is 0.309 e. The number of benzene rings is 1. The zero-order valence-electron chi connectivity index (χ0n) is 17.1. The third-order valence-corrected chi connectivity index (χ3v) is 5.74. The van der Waals surface area contributed by atoms with Crippen LogP contribution in [0.1, 0.15) is 36.8 Å². The molecule has 0 spiro atoms. The lowest BCUT2D eigenvalue weighted by Crippen LogP contribution is -2.42. The molecule has 3 aromatic heterocycles. The normalized spacial score (nSPS) is 12.7. The Labute approximate surface area is 166 Å². The number of fused-ring (bicyclic) bond motifs is 3. The number of hydrogen-bond donors (Lipinski definition) is 0. The first-order valence-electron chi connectivity index (χ1n) is 9.47. The average Bonchev–Trinajstić information content (AvgIpc) is 3.19. The Bertz CT molecular complexity index is 1390. The monoisotopic (exact) mass is 393 g/mol. The standard InChI is InChI=1S/C21H23N5O3/c1-12-13(2)25-17-18(22-20(25)24(12)11-16-9-7-6-8-10-16)23(5)21(29)26(19(17)28)14(3)15(4)27/h6-10,14H,11H2,1-5H3/t14-/m0/s1. The van der Waals surface area contributed by atoms with E-state index >= 15 is 0 Å². The van der Waals surface area contributed by atoms with Gasteiger partial charge in [-0.05, 0) is 33.3 Å². The predicted octanol–water partition coefficient (Wildman–Crippen LogP) is 1.96. The molecule has 0 radical (unpaired) electrons. The molecule has 8 nitrogen and oxygen atoms in total. The van der Waals surface area contributed by atoms with Crippen molar-refractivity contribution in [2.45, 2.75) is 40.3 Å². The first-order valence-corrected chi connectivity index (χ1v) is 9.47. The van der Waals surface area contributed by atoms with E-state index in [1.807, 2.05) is 48.7 Å². The molecular weight excluding hydrogens is 370 g/mol. The third kappa shape index (κ3) is 2.66. The van der Waals surface area contributed by atoms with Crippen molar-refractivity contribution in [3.8, 4) is 0 Å². The van der Waals surface area contributed by atoms with Crippen molar-refractivity contribution in [1.29, 1.82) is 0 Å². The average molecular weight is 393 g/mol. The summed E-state index contributed by atoms with van der Waals surface area (Å²) < 4.78 is 6.18. The van der Waals surface area contributed by atoms with Crippen LogP contribution in [0.5, 0.6) is 0 Å². The number of imidazole rings is 2. The molecule has 0 aliphatic carbocycles. The van der Waals surface area contributed by atoms with Crippen LogP contribution >= 0.6 is 0 Å². The molecule has 0 aliphatic rings. The molecule has 0 fully saturated rings. The van der Waals surface area contributed by atoms with E-state index in [0.717, 1.165) is 21.5 Å². The number of aryl methyl sites for hydroxylation is 2. The zero-order chi connectivity index (χ0) is 21.0. The predicted molar refractivity (Wildman–Crippen MR) is 111 cm³/mol. The van der Waals surface area contributed by atoms with Gasteiger partial charge in [-0.2, -0.15) is 4.98 Å². The van der Waals surface area contributed by atoms with Crippen molar-refractivity contribution in [1.82, 2.24) is 23.1 Å². The SMILES string of the molecule is CC(=O)[C@H](C)n1c(=O)c2c(nc3n(Cc4ccccc4)c(C)c(C)n23)n(C)c1=O. The summed E-state index contributed by atoms with van der Waals surface area (Å²) in [6.45, 7) is 7.44. The van der Waals surface area contributed by atoms with Crippen LogP contribution in [0, 0.1) is 13.8 Å². The lowest BCUT2D eigenvalue weighted by atomic mass is 10.2. The second-order valence-electron chi connectivity index (χ2n) is 7.47. The van der Waals surface area contributed by atoms with Crippen molar-refractivity contribution < 1.29 is 4.79 Å². The van der Waals surface area contributed by atoms with Crippen LogP contribution in [0.3, 0.4) is 0 Å². The molecule has 0 amide bonds. The summed E-state index contributed by atoms with van der Waals surface area (Å²) in [6.07, 6.45) is 0. The Hall–Kier alpha value is -3.42. The maximum atomic E-state index is 13.3. The Morgan fingerprint density at radius 3 is 2.38 bits per heavy atom. The second kappa shape index (κ2) is 6.58. The van der Waals surface area contributed by atoms with Crippen LogP contribution in [0.4, 0.5) is 0 Å². The molecular formula is C21H23N5O3. The highest BCUT2D eigenvalue weighted by Crippen LogP contribution is 2.22. The van der Waals surface area contributed by atoms with Gasteiger partial charge in [-0.1, -0.05) is 30.3 Å². The maximum absolute atomic E-state index is 13.3. The summed E-state index contributed by atoms with van der Waals surface area (Å²) in [4.78, 5) is 42.6. The van der Waals surface area contributed by atoms with Gasteiger partial charge in [0.1, 0.15) is 0 Å². The molecule has 0 saturated carbocycles. The number of Topliss-reactive ketones (excluding diaryl/α,β-unsaturated/α-hetero) is 1. The number of nitrogens with zero attached hydrogens (tertiary/aromatic N) is 5. The van der Waals surface area contributed by atoms with E-state index in [4.69, 9.17) is 0 Å². The first-order chi connectivity index (χ1) is 13.7. The highest BCUT2D eigenvalue weighted by atomic mass is 16.2. The van der Waals surface area contributed by atoms with Gasteiger partial charge in [-0.3, -0.25) is 18.6 Å². The minimum atomic E-state index is -0.844. The van der Waals surface area contributed by atoms with Crippen LogP contribution < -0.4 is 11.2 Å². The van der Waals surface area contributed by atoms with E-state index in [-0.39, 0.29) is 5.78 Å². The quantitative estimate of drug-likeness (QED) is 0.531. The van der Waals surface area contributed by atoms with Crippen LogP contribution in [-0.2, 0) is 18.4 Å². The van der Waals surface area contributed by atoms with Gasteiger partial charge in [-0.25, -0.2) is 9.36 Å². The Morgan fingerprint density at radius 2 is 1.76 bits per heavy atom. The second-order valence-corrected chi connectivity index (χ2v) is 7.47. The molecule has 8 heteroatoms. The van der Waals surface area contributed by atoms with Gasteiger partial charge in [0.2, 0.25) is 5.78 Å². The summed E-state index contributed by atoms with van der Waals surface area (Å²) in [5.41, 5.74) is 2.54. The van der Waals surface area contributed by atoms with Crippen LogP contribution in [0.2, 0.25) is 0 Å². The Morgan fingerprint density at radius 1 is 1.10 bits per heavy atom. The van der Waals surface area contributed by atoms with Crippen LogP contribution in [-0.4, -0.2) is 28.9 Å². The van der Waals surface area contributed by atoms with Gasteiger partial charge in [0.05, 0.1) is 12.6 Å². The molecule has 4 rings (SSSR count). The minimum absolute atomic E-state index is 0.251. The number of aromatic nitrogens is 5. The lowest BCUT2D eigenvalue weighted by molar-refractivity contribution is -0.119. The van der Waals surface area contributed by atoms with Gasteiger partial charge in [0, 0.05) is 18.4 Å². The lowest BCUT2D eigenvalue weighted by Gasteiger charge is -2.12. The van der Waals surface area contributed by atoms with E-state index < -0.39 is 17.3 Å². The molecule has 4 aromatic rings. The van der Waals surface area contributed by atoms with E-state index in [1.54, 1.807) is 18.4 Å². The molecule has 150 valence electrons. The number of rotatable bonds is 4. The number of hydrogen-bond acceptors (Lipinski definition) is 4. The largest absolute Gasteiger partial charge is 0.333 e. The van der Waals surface area contributed by atoms with Crippen molar-refractivity contribution >= 4 is 22.7 Å². The Kier molecular flexibility index (Phi) is 4.29. The van der Waals surface area contributed by atoms with Gasteiger partial charge in [-0.15, -0.1) is 0 Å². The van der Waals surface area contributed by atoms with Crippen molar-refractivity contribution in [3.05, 3.63) is 68.1 Å². The molecule has 0 saturated heterocycles. The van der Waals surface area contributed by atoms with E-state index in [1.165, 1.54) is 11.5 Å². The summed E-state index contributed by atoms with van der Waals surface area (Å²) in [5, 5.41) is 0. The van der Waals surface area contributed by atoms with Crippen LogP contribution in [0.15, 0.2) is 39.9 Å². The fourth-order valence-electron chi connectivity index (χ4n) is 3.76. The van der Waals surface area contributed by atoms with Gasteiger partial charge in [0.25, 0.3) is 5.56 Å². The molecule has 0 aliphatic heterocycles. The number of carbonyl (C=O) groups excluding carboxylic acids is 1. The number of ketones is 1. The summed E-state index contributed by atoms with van der Waals surface area (Å²) in [6, 6.07) is 9.14. The number of carbonyl (C=O) groups is 1. The van der Waals surface area contributed by atoms with Gasteiger partial charge < -0.3 is 4.57 Å². The van der Waals surface area contributed by atoms with E-state index in [9.17, 15) is 14.4 Å². The Balaban J connectivity index is 2.10. The van der Waals surface area contributed by atoms with Gasteiger partial charge >= 0.3 is 5.69 Å². The molecule has 0 unspecified atom stereocenters. The highest BCUT2D eigenvalue weighted by molar-refractivity contribution is 5.81. The molecule has 29 heavy (non-hydrogen) atoms. The van der Waals surface area contributed by atoms with Crippen LogP contribution in [0.25, 0.3) is 16.9 Å². The van der Waals surface area contributed by atoms with E-state index in [2.05, 4.69) is 4.98 Å². The van der Waals surface area contributed by atoms with Crippen molar-refractivity contribution in [3.63, 3.8) is 0 Å². The molecule has 1 aromatic carbocycles. The van der Waals surface area contributed by atoms with E-state index in [0.29, 0.717) is 23.5 Å². The summed E-state index contributed by atoms with van der Waals surface area (Å²) in [5.74, 6) is 0.345. The van der Waals surface area contributed by atoms with Gasteiger partial charge in [0.15, 0.2) is 16.9 Å². The molecule has 0 N–H and O–H groups in total. The maximum Gasteiger partial charge on any atom is 0.333 e. The fraction of sp³-hybridized carbons (Fsp3) is 0.333. The summed E-state index contributed by atoms with van der Waals surface area (Å²) >= 11 is 0. The first kappa shape index (κ1) is 18.9. The highest BCUT2D eigenvalue weighted by Gasteiger charge is 2.25.